The molecule has 0 fully saturated rings. The molecular formula is C24H23N5OS. The molecule has 0 aliphatic heterocycles. The lowest BCUT2D eigenvalue weighted by molar-refractivity contribution is 0.306. The van der Waals surface area contributed by atoms with Gasteiger partial charge >= 0.3 is 0 Å². The minimum Gasteiger partial charge on any atom is -0.489 e. The van der Waals surface area contributed by atoms with Crippen molar-refractivity contribution in [3.63, 3.8) is 0 Å². The fourth-order valence-electron chi connectivity index (χ4n) is 3.04. The second-order valence-electron chi connectivity index (χ2n) is 7.20. The lowest BCUT2D eigenvalue weighted by atomic mass is 10.2. The van der Waals surface area contributed by atoms with E-state index >= 15 is 0 Å². The zero-order valence-electron chi connectivity index (χ0n) is 17.4. The monoisotopic (exact) mass is 429 g/mol. The predicted octanol–water partition coefficient (Wildman–Crippen LogP) is 5.13. The number of ether oxygens (including phenoxy) is 1. The van der Waals surface area contributed by atoms with E-state index in [-0.39, 0.29) is 0 Å². The largest absolute Gasteiger partial charge is 0.489 e. The van der Waals surface area contributed by atoms with Crippen LogP contribution in [-0.4, -0.2) is 35.2 Å². The van der Waals surface area contributed by atoms with E-state index in [1.54, 1.807) is 10.9 Å². The standard InChI is InChI=1S/C24H23N5OS/c1-28(2)21-13-11-20(12-14-21)23-26-27-24(31)29(23)25-16-19-9-6-10-22(15-19)30-17-18-7-4-3-5-8-18/h3-16H,17H2,1-2H3,(H,27,31)/b25-16+. The predicted molar refractivity (Wildman–Crippen MR) is 127 cm³/mol. The van der Waals surface area contributed by atoms with Crippen LogP contribution in [-0.2, 0) is 6.61 Å². The number of aromatic amines is 1. The molecule has 4 aromatic rings. The maximum atomic E-state index is 5.91. The van der Waals surface area contributed by atoms with E-state index in [4.69, 9.17) is 17.0 Å². The van der Waals surface area contributed by atoms with Gasteiger partial charge in [-0.05, 0) is 59.7 Å². The smallest absolute Gasteiger partial charge is 0.216 e. The van der Waals surface area contributed by atoms with Gasteiger partial charge in [-0.2, -0.15) is 14.9 Å². The minimum atomic E-state index is 0.430. The second-order valence-corrected chi connectivity index (χ2v) is 7.58. The minimum absolute atomic E-state index is 0.430. The second kappa shape index (κ2) is 9.40. The molecule has 0 bridgehead atoms. The van der Waals surface area contributed by atoms with E-state index in [9.17, 15) is 0 Å². The van der Waals surface area contributed by atoms with Crippen LogP contribution in [0.1, 0.15) is 11.1 Å². The summed E-state index contributed by atoms with van der Waals surface area (Å²) in [5.41, 5.74) is 4.06. The van der Waals surface area contributed by atoms with Gasteiger partial charge in [-0.15, -0.1) is 0 Å². The summed E-state index contributed by atoms with van der Waals surface area (Å²) in [4.78, 5) is 2.05. The first kappa shape index (κ1) is 20.6. The van der Waals surface area contributed by atoms with E-state index in [2.05, 4.69) is 15.3 Å². The van der Waals surface area contributed by atoms with Crippen molar-refractivity contribution >= 4 is 24.1 Å². The van der Waals surface area contributed by atoms with Gasteiger partial charge in [0.2, 0.25) is 4.77 Å². The summed E-state index contributed by atoms with van der Waals surface area (Å²) in [6.07, 6.45) is 1.75. The van der Waals surface area contributed by atoms with Crippen molar-refractivity contribution in [1.82, 2.24) is 14.9 Å². The summed E-state index contributed by atoms with van der Waals surface area (Å²) in [6.45, 7) is 0.515. The van der Waals surface area contributed by atoms with Gasteiger partial charge in [-0.25, -0.2) is 5.10 Å². The van der Waals surface area contributed by atoms with Gasteiger partial charge in [0.05, 0.1) is 6.21 Å². The quantitative estimate of drug-likeness (QED) is 0.327. The Balaban J connectivity index is 1.53. The van der Waals surface area contributed by atoms with Crippen LogP contribution in [0.4, 0.5) is 5.69 Å². The number of anilines is 1. The van der Waals surface area contributed by atoms with Gasteiger partial charge in [-0.1, -0.05) is 42.5 Å². The molecule has 31 heavy (non-hydrogen) atoms. The molecular weight excluding hydrogens is 406 g/mol. The van der Waals surface area contributed by atoms with Crippen molar-refractivity contribution in [2.75, 3.05) is 19.0 Å². The Kier molecular flexibility index (Phi) is 6.24. The van der Waals surface area contributed by atoms with Gasteiger partial charge in [-0.3, -0.25) is 0 Å². The van der Waals surface area contributed by atoms with Crippen molar-refractivity contribution in [3.05, 3.63) is 94.8 Å². The van der Waals surface area contributed by atoms with Crippen LogP contribution in [0.15, 0.2) is 84.0 Å². The number of nitrogens with one attached hydrogen (secondary N) is 1. The van der Waals surface area contributed by atoms with Crippen LogP contribution in [0, 0.1) is 4.77 Å². The molecule has 0 unspecified atom stereocenters. The summed E-state index contributed by atoms with van der Waals surface area (Å²) in [7, 11) is 4.01. The van der Waals surface area contributed by atoms with Crippen LogP contribution in [0.2, 0.25) is 0 Å². The lowest BCUT2D eigenvalue weighted by Gasteiger charge is -2.12. The highest BCUT2D eigenvalue weighted by atomic mass is 32.1. The van der Waals surface area contributed by atoms with Crippen molar-refractivity contribution in [2.24, 2.45) is 5.10 Å². The summed E-state index contributed by atoms with van der Waals surface area (Å²) in [5.74, 6) is 1.44. The third kappa shape index (κ3) is 5.07. The van der Waals surface area contributed by atoms with Gasteiger partial charge in [0, 0.05) is 25.3 Å². The highest BCUT2D eigenvalue weighted by molar-refractivity contribution is 7.71. The molecule has 0 saturated heterocycles. The molecule has 0 radical (unpaired) electrons. The van der Waals surface area contributed by atoms with E-state index in [1.807, 2.05) is 97.9 Å². The van der Waals surface area contributed by atoms with E-state index in [1.165, 1.54) is 0 Å². The summed E-state index contributed by atoms with van der Waals surface area (Å²) < 4.78 is 7.96. The number of nitrogens with zero attached hydrogens (tertiary/aromatic N) is 4. The molecule has 0 saturated carbocycles. The fourth-order valence-corrected chi connectivity index (χ4v) is 3.22. The normalized spacial score (nSPS) is 11.0. The number of benzene rings is 3. The van der Waals surface area contributed by atoms with Gasteiger partial charge < -0.3 is 9.64 Å². The summed E-state index contributed by atoms with van der Waals surface area (Å²) >= 11 is 5.38. The topological polar surface area (TPSA) is 58.4 Å². The Bertz CT molecular complexity index is 1230. The number of H-pyrrole nitrogens is 1. The van der Waals surface area contributed by atoms with Crippen LogP contribution >= 0.6 is 12.2 Å². The van der Waals surface area contributed by atoms with Gasteiger partial charge in [0.25, 0.3) is 0 Å². The van der Waals surface area contributed by atoms with E-state index in [0.29, 0.717) is 17.2 Å². The average Bonchev–Trinajstić information content (AvgIpc) is 3.17. The van der Waals surface area contributed by atoms with Gasteiger partial charge in [0.1, 0.15) is 12.4 Å². The Morgan fingerprint density at radius 2 is 1.81 bits per heavy atom. The van der Waals surface area contributed by atoms with Gasteiger partial charge in [0.15, 0.2) is 5.82 Å². The molecule has 1 N–H and O–H groups in total. The highest BCUT2D eigenvalue weighted by Crippen LogP contribution is 2.21. The molecule has 156 valence electrons. The number of aromatic nitrogens is 3. The van der Waals surface area contributed by atoms with Crippen molar-refractivity contribution in [2.45, 2.75) is 6.61 Å². The summed E-state index contributed by atoms with van der Waals surface area (Å²) in [6, 6.07) is 25.9. The SMILES string of the molecule is CN(C)c1ccc(-c2n[nH]c(=S)n2/N=C/c2cccc(OCc3ccccc3)c2)cc1. The van der Waals surface area contributed by atoms with Crippen molar-refractivity contribution < 1.29 is 4.74 Å². The molecule has 3 aromatic carbocycles. The number of rotatable bonds is 7. The zero-order valence-corrected chi connectivity index (χ0v) is 18.2. The molecule has 1 aromatic heterocycles. The molecule has 6 nitrogen and oxygen atoms in total. The lowest BCUT2D eigenvalue weighted by Crippen LogP contribution is -2.08. The molecule has 0 aliphatic rings. The van der Waals surface area contributed by atoms with Crippen LogP contribution in [0.25, 0.3) is 11.4 Å². The molecule has 0 amide bonds. The summed E-state index contributed by atoms with van der Waals surface area (Å²) in [5, 5.41) is 11.7. The Hall–Kier alpha value is -3.71. The average molecular weight is 430 g/mol. The Morgan fingerprint density at radius 3 is 2.55 bits per heavy atom. The van der Waals surface area contributed by atoms with E-state index in [0.717, 1.165) is 28.1 Å². The molecule has 0 atom stereocenters. The van der Waals surface area contributed by atoms with Crippen LogP contribution < -0.4 is 9.64 Å². The third-order valence-corrected chi connectivity index (χ3v) is 4.99. The maximum absolute atomic E-state index is 5.91. The number of hydrogen-bond donors (Lipinski definition) is 1. The third-order valence-electron chi connectivity index (χ3n) is 4.72. The fraction of sp³-hybridized carbons (Fsp3) is 0.125. The van der Waals surface area contributed by atoms with E-state index < -0.39 is 0 Å². The molecule has 1 heterocycles. The first-order valence-corrected chi connectivity index (χ1v) is 10.3. The Labute approximate surface area is 186 Å². The number of hydrogen-bond acceptors (Lipinski definition) is 5. The highest BCUT2D eigenvalue weighted by Gasteiger charge is 2.08. The molecule has 0 aliphatic carbocycles. The molecule has 7 heteroatoms. The first-order valence-electron chi connectivity index (χ1n) is 9.86. The van der Waals surface area contributed by atoms with Crippen molar-refractivity contribution in [3.8, 4) is 17.1 Å². The first-order chi connectivity index (χ1) is 15.1. The molecule has 0 spiro atoms. The van der Waals surface area contributed by atoms with Crippen LogP contribution in [0.3, 0.4) is 0 Å². The zero-order chi connectivity index (χ0) is 21.6. The molecule has 4 rings (SSSR count). The maximum Gasteiger partial charge on any atom is 0.216 e. The van der Waals surface area contributed by atoms with Crippen molar-refractivity contribution in [1.29, 1.82) is 0 Å². The Morgan fingerprint density at radius 1 is 1.03 bits per heavy atom. The van der Waals surface area contributed by atoms with Crippen LogP contribution in [0.5, 0.6) is 5.75 Å².